The molecule has 4 N–H and O–H groups in total. The Morgan fingerprint density at radius 2 is 2.00 bits per heavy atom. The van der Waals surface area contributed by atoms with Crippen molar-refractivity contribution in [3.63, 3.8) is 0 Å². The monoisotopic (exact) mass is 407 g/mol. The van der Waals surface area contributed by atoms with Crippen molar-refractivity contribution < 1.29 is 9.13 Å². The molecule has 1 unspecified atom stereocenters. The van der Waals surface area contributed by atoms with Crippen molar-refractivity contribution in [2.45, 2.75) is 44.2 Å². The molecule has 3 heterocycles. The van der Waals surface area contributed by atoms with Crippen LogP contribution in [0.4, 0.5) is 4.39 Å². The van der Waals surface area contributed by atoms with Crippen LogP contribution in [0.5, 0.6) is 5.88 Å². The number of fused-ring (bicyclic) bond motifs is 1. The molecule has 4 aromatic rings. The highest BCUT2D eigenvalue weighted by atomic mass is 19.1. The maximum atomic E-state index is 15.0. The summed E-state index contributed by atoms with van der Waals surface area (Å²) >= 11 is 0. The van der Waals surface area contributed by atoms with Crippen LogP contribution in [0.2, 0.25) is 0 Å². The minimum atomic E-state index is -0.380. The van der Waals surface area contributed by atoms with E-state index < -0.39 is 0 Å². The van der Waals surface area contributed by atoms with Crippen molar-refractivity contribution >= 4 is 10.9 Å². The highest BCUT2D eigenvalue weighted by Gasteiger charge is 2.21. The number of ether oxygens (including phenoxy) is 1. The van der Waals surface area contributed by atoms with Crippen LogP contribution in [0.25, 0.3) is 33.3 Å². The smallest absolute Gasteiger partial charge is 0.233 e. The first-order valence-electron chi connectivity index (χ1n) is 10.1. The van der Waals surface area contributed by atoms with E-state index in [1.165, 1.54) is 6.07 Å². The van der Waals surface area contributed by atoms with Crippen LogP contribution in [0.1, 0.15) is 32.1 Å². The fourth-order valence-electron chi connectivity index (χ4n) is 4.12. The van der Waals surface area contributed by atoms with Crippen LogP contribution in [-0.2, 0) is 0 Å². The molecule has 0 bridgehead atoms. The van der Waals surface area contributed by atoms with E-state index >= 15 is 4.39 Å². The van der Waals surface area contributed by atoms with Gasteiger partial charge in [0.15, 0.2) is 0 Å². The van der Waals surface area contributed by atoms with Gasteiger partial charge >= 0.3 is 0 Å². The fraction of sp³-hybridized carbons (Fsp3) is 0.333. The minimum absolute atomic E-state index is 0.0497. The van der Waals surface area contributed by atoms with Crippen molar-refractivity contribution in [2.24, 2.45) is 5.73 Å². The zero-order valence-electron chi connectivity index (χ0n) is 16.3. The Labute approximate surface area is 172 Å². The molecule has 30 heavy (non-hydrogen) atoms. The number of aromatic amines is 2. The summed E-state index contributed by atoms with van der Waals surface area (Å²) in [4.78, 5) is 0. The van der Waals surface area contributed by atoms with E-state index in [1.807, 2.05) is 0 Å². The Balaban J connectivity index is 1.45. The van der Waals surface area contributed by atoms with Gasteiger partial charge < -0.3 is 10.5 Å². The Morgan fingerprint density at radius 3 is 2.80 bits per heavy atom. The first-order valence-corrected chi connectivity index (χ1v) is 10.1. The third-order valence-corrected chi connectivity index (χ3v) is 5.59. The molecule has 1 aliphatic rings. The molecule has 1 aromatic carbocycles. The molecular weight excluding hydrogens is 385 g/mol. The number of nitrogens with zero attached hydrogens (tertiary/aromatic N) is 4. The van der Waals surface area contributed by atoms with E-state index in [9.17, 15) is 0 Å². The number of benzene rings is 1. The van der Waals surface area contributed by atoms with Gasteiger partial charge in [-0.3, -0.25) is 10.2 Å². The van der Waals surface area contributed by atoms with Crippen molar-refractivity contribution in [2.75, 3.05) is 0 Å². The predicted octanol–water partition coefficient (Wildman–Crippen LogP) is 3.59. The number of aromatic nitrogens is 6. The van der Waals surface area contributed by atoms with E-state index in [0.717, 1.165) is 32.1 Å². The summed E-state index contributed by atoms with van der Waals surface area (Å²) in [6.45, 7) is 0. The number of nitrogens with two attached hydrogens (primary N) is 1. The van der Waals surface area contributed by atoms with Gasteiger partial charge in [0.25, 0.3) is 0 Å². The third kappa shape index (κ3) is 3.52. The number of H-pyrrole nitrogens is 2. The van der Waals surface area contributed by atoms with Crippen LogP contribution < -0.4 is 10.5 Å². The Kier molecular flexibility index (Phi) is 4.88. The summed E-state index contributed by atoms with van der Waals surface area (Å²) in [6, 6.07) is 5.15. The molecule has 0 saturated heterocycles. The lowest BCUT2D eigenvalue weighted by atomic mass is 9.99. The second-order valence-electron chi connectivity index (χ2n) is 7.70. The number of nitrogens with one attached hydrogen (secondary N) is 2. The Hall–Kier alpha value is -3.33. The minimum Gasteiger partial charge on any atom is -0.473 e. The molecular formula is C21H22FN7O. The predicted molar refractivity (Wildman–Crippen MR) is 110 cm³/mol. The van der Waals surface area contributed by atoms with Crippen molar-refractivity contribution in [1.29, 1.82) is 0 Å². The van der Waals surface area contributed by atoms with Gasteiger partial charge in [-0.05, 0) is 37.8 Å². The lowest BCUT2D eigenvalue weighted by molar-refractivity contribution is 0.169. The van der Waals surface area contributed by atoms with Gasteiger partial charge in [0, 0.05) is 40.4 Å². The Morgan fingerprint density at radius 1 is 1.10 bits per heavy atom. The second kappa shape index (κ2) is 7.83. The van der Waals surface area contributed by atoms with E-state index in [-0.39, 0.29) is 18.0 Å². The molecule has 154 valence electrons. The average Bonchev–Trinajstić information content (AvgIpc) is 3.40. The number of rotatable bonds is 4. The van der Waals surface area contributed by atoms with Crippen LogP contribution in [0.3, 0.4) is 0 Å². The van der Waals surface area contributed by atoms with Gasteiger partial charge in [0.2, 0.25) is 5.88 Å². The largest absolute Gasteiger partial charge is 0.473 e. The maximum Gasteiger partial charge on any atom is 0.233 e. The highest BCUT2D eigenvalue weighted by Crippen LogP contribution is 2.36. The molecule has 0 aliphatic heterocycles. The van der Waals surface area contributed by atoms with Gasteiger partial charge in [-0.1, -0.05) is 6.42 Å². The molecule has 1 fully saturated rings. The van der Waals surface area contributed by atoms with E-state index in [0.29, 0.717) is 39.2 Å². The van der Waals surface area contributed by atoms with Gasteiger partial charge in [0.1, 0.15) is 11.9 Å². The van der Waals surface area contributed by atoms with E-state index in [4.69, 9.17) is 10.5 Å². The summed E-state index contributed by atoms with van der Waals surface area (Å²) in [7, 11) is 0. The molecule has 3 aromatic heterocycles. The summed E-state index contributed by atoms with van der Waals surface area (Å²) < 4.78 is 21.0. The maximum absolute atomic E-state index is 15.0. The zero-order valence-corrected chi connectivity index (χ0v) is 16.3. The van der Waals surface area contributed by atoms with Gasteiger partial charge in [-0.2, -0.15) is 10.2 Å². The van der Waals surface area contributed by atoms with E-state index in [2.05, 4.69) is 30.6 Å². The fourth-order valence-corrected chi connectivity index (χ4v) is 4.12. The lowest BCUT2D eigenvalue weighted by Crippen LogP contribution is -2.27. The Bertz CT molecular complexity index is 1140. The SMILES string of the molecule is NC1CCCC[C@H](Oc2ccc(-c3cc(F)c(-c4cn[nH]c4)c4cn[nH]c34)nn2)C1. The quantitative estimate of drug-likeness (QED) is 0.445. The first kappa shape index (κ1) is 18.7. The van der Waals surface area contributed by atoms with Crippen LogP contribution in [-0.4, -0.2) is 42.7 Å². The van der Waals surface area contributed by atoms with Crippen LogP contribution >= 0.6 is 0 Å². The molecule has 1 saturated carbocycles. The highest BCUT2D eigenvalue weighted by molar-refractivity contribution is 6.02. The summed E-state index contributed by atoms with van der Waals surface area (Å²) in [5.41, 5.74) is 9.01. The number of halogens is 1. The summed E-state index contributed by atoms with van der Waals surface area (Å²) in [6.07, 6.45) is 9.93. The summed E-state index contributed by atoms with van der Waals surface area (Å²) in [5, 5.41) is 22.8. The number of hydrogen-bond acceptors (Lipinski definition) is 6. The standard InChI is InChI=1S/C21H22FN7O/c22-17-8-15(21-16(11-26-29-21)20(17)12-9-24-25-10-12)18-5-6-19(28-27-18)30-14-4-2-1-3-13(23)7-14/h5-6,8-11,13-14H,1-4,7,23H2,(H,24,25)(H,26,29)/t13?,14-/m0/s1. The molecule has 8 nitrogen and oxygen atoms in total. The molecule has 0 spiro atoms. The first-order chi connectivity index (χ1) is 14.7. The summed E-state index contributed by atoms with van der Waals surface area (Å²) in [5.74, 6) is 0.0732. The van der Waals surface area contributed by atoms with Crippen molar-refractivity contribution in [3.8, 4) is 28.3 Å². The number of hydrogen-bond donors (Lipinski definition) is 3. The average molecular weight is 407 g/mol. The second-order valence-corrected chi connectivity index (χ2v) is 7.70. The molecule has 5 rings (SSSR count). The normalized spacial score (nSPS) is 19.7. The van der Waals surface area contributed by atoms with Crippen LogP contribution in [0.15, 0.2) is 36.8 Å². The van der Waals surface area contributed by atoms with Gasteiger partial charge in [-0.25, -0.2) is 4.39 Å². The third-order valence-electron chi connectivity index (χ3n) is 5.59. The molecule has 1 aliphatic carbocycles. The van der Waals surface area contributed by atoms with Crippen molar-refractivity contribution in [1.82, 2.24) is 30.6 Å². The molecule has 9 heteroatoms. The zero-order chi connectivity index (χ0) is 20.5. The lowest BCUT2D eigenvalue weighted by Gasteiger charge is -2.18. The van der Waals surface area contributed by atoms with Gasteiger partial charge in [0.05, 0.1) is 23.6 Å². The van der Waals surface area contributed by atoms with Gasteiger partial charge in [-0.15, -0.1) is 10.2 Å². The molecule has 2 atom stereocenters. The van der Waals surface area contributed by atoms with E-state index in [1.54, 1.807) is 30.7 Å². The molecule has 0 radical (unpaired) electrons. The van der Waals surface area contributed by atoms with Crippen LogP contribution in [0, 0.1) is 5.82 Å². The topological polar surface area (TPSA) is 118 Å². The van der Waals surface area contributed by atoms with Crippen molar-refractivity contribution in [3.05, 3.63) is 42.6 Å². The molecule has 0 amide bonds.